The van der Waals surface area contributed by atoms with Gasteiger partial charge in [-0.15, -0.1) is 0 Å². The zero-order valence-corrected chi connectivity index (χ0v) is 3.51. The maximum atomic E-state index is 10.1. The second-order valence-corrected chi connectivity index (χ2v) is 2.37. The zero-order valence-electron chi connectivity index (χ0n) is 2.33. The van der Waals surface area contributed by atoms with Gasteiger partial charge in [0.05, 0.1) is 0 Å². The third-order valence-electron chi connectivity index (χ3n) is 0. The average Bonchev–Trinajstić information content (AvgIpc) is 0.650. The molecule has 6 heteroatoms. The van der Waals surface area contributed by atoms with Crippen LogP contribution in [0.3, 0.4) is 0 Å². The minimum atomic E-state index is -8.26. The van der Waals surface area contributed by atoms with E-state index in [0.29, 0.717) is 0 Å². The first-order valence-corrected chi connectivity index (χ1v) is 3.04. The Balaban J connectivity index is 4.69. The molecule has 0 spiro atoms. The summed E-state index contributed by atoms with van der Waals surface area (Å²) in [6.45, 7) is 0. The molecule has 2 nitrogen and oxygen atoms in total. The van der Waals surface area contributed by atoms with E-state index in [0.717, 1.165) is 0 Å². The standard InChI is InChI=1S/3FH.Mn.2O/h3*1H;;;/q;;;+3;;/p-3. The van der Waals surface area contributed by atoms with Crippen molar-refractivity contribution < 1.29 is 31.3 Å². The van der Waals surface area contributed by atoms with E-state index in [1.54, 1.807) is 0 Å². The van der Waals surface area contributed by atoms with E-state index >= 15 is 0 Å². The van der Waals surface area contributed by atoms with Crippen LogP contribution in [0.5, 0.6) is 0 Å². The van der Waals surface area contributed by atoms with Crippen molar-refractivity contribution >= 4 is 0 Å². The first kappa shape index (κ1) is 5.91. The minimum absolute atomic E-state index is 8.26. The fourth-order valence-corrected chi connectivity index (χ4v) is 0. The summed E-state index contributed by atoms with van der Waals surface area (Å²) in [7, 11) is 0. The second-order valence-electron chi connectivity index (χ2n) is 0.575. The van der Waals surface area contributed by atoms with Crippen molar-refractivity contribution in [2.75, 3.05) is 0 Å². The summed E-state index contributed by atoms with van der Waals surface area (Å²) >= 11 is -8.26. The van der Waals surface area contributed by atoms with Gasteiger partial charge in [0, 0.05) is 0 Å². The van der Waals surface area contributed by atoms with Crippen molar-refractivity contribution in [1.82, 2.24) is 0 Å². The van der Waals surface area contributed by atoms with Gasteiger partial charge in [-0.3, -0.25) is 0 Å². The van der Waals surface area contributed by atoms with Crippen molar-refractivity contribution in [3.8, 4) is 0 Å². The summed E-state index contributed by atoms with van der Waals surface area (Å²) in [6.07, 6.45) is 0. The molecule has 40 valence electrons. The van der Waals surface area contributed by atoms with E-state index in [2.05, 4.69) is 0 Å². The molecule has 0 fully saturated rings. The summed E-state index contributed by atoms with van der Waals surface area (Å²) < 4.78 is 46.8. The van der Waals surface area contributed by atoms with Crippen molar-refractivity contribution in [1.29, 1.82) is 0 Å². The molecule has 0 bridgehead atoms. The van der Waals surface area contributed by atoms with Crippen molar-refractivity contribution in [3.05, 3.63) is 0 Å². The van der Waals surface area contributed by atoms with Crippen molar-refractivity contribution in [3.63, 3.8) is 0 Å². The van der Waals surface area contributed by atoms with Gasteiger partial charge in [-0.2, -0.15) is 0 Å². The molecule has 0 aliphatic rings. The van der Waals surface area contributed by atoms with Gasteiger partial charge in [0.1, 0.15) is 0 Å². The fraction of sp³-hybridized carbons (Fsp3) is 0. The normalized spacial score (nSPS) is 18.8. The van der Waals surface area contributed by atoms with Crippen LogP contribution in [0.25, 0.3) is 0 Å². The third kappa shape index (κ3) is 4040. The molecule has 0 aliphatic heterocycles. The summed E-state index contributed by atoms with van der Waals surface area (Å²) in [5.74, 6) is 0. The molecule has 0 radical (unpaired) electrons. The van der Waals surface area contributed by atoms with E-state index in [4.69, 9.17) is 7.67 Å². The monoisotopic (exact) mass is 144 g/mol. The van der Waals surface area contributed by atoms with Crippen LogP contribution in [0.2, 0.25) is 0 Å². The van der Waals surface area contributed by atoms with Gasteiger partial charge in [0.2, 0.25) is 0 Å². The van der Waals surface area contributed by atoms with Crippen LogP contribution in [0, 0.1) is 0 Å². The molecule has 0 saturated carbocycles. The fourth-order valence-electron chi connectivity index (χ4n) is 0. The topological polar surface area (TPSA) is 34.1 Å². The molecular formula is F3MnO2. The number of hydrogen-bond acceptors (Lipinski definition) is 2. The van der Waals surface area contributed by atoms with Gasteiger partial charge in [0.15, 0.2) is 0 Å². The Kier molecular flexibility index (Phi) is 0.753. The number of rotatable bonds is 0. The predicted octanol–water partition coefficient (Wildman–Crippen LogP) is 1.02. The molecule has 0 rings (SSSR count). The molecule has 6 heavy (non-hydrogen) atoms. The van der Waals surface area contributed by atoms with E-state index < -0.39 is 13.0 Å². The first-order valence-electron chi connectivity index (χ1n) is 0.737. The van der Waals surface area contributed by atoms with Crippen LogP contribution in [-0.2, 0) is 20.7 Å². The molecule has 0 aromatic heterocycles. The summed E-state index contributed by atoms with van der Waals surface area (Å²) in [6, 6.07) is 0. The Morgan fingerprint density at radius 2 is 1.00 bits per heavy atom. The Bertz CT molecular complexity index is 135. The molecule has 0 amide bonds. The van der Waals surface area contributed by atoms with E-state index in [1.165, 1.54) is 0 Å². The molecule has 0 heterocycles. The molecular weight excluding hydrogens is 144 g/mol. The molecule has 0 atom stereocenters. The predicted molar refractivity (Wildman–Crippen MR) is 4.70 cm³/mol. The Morgan fingerprint density at radius 1 is 1.00 bits per heavy atom. The SMILES string of the molecule is [O]=[Mn](=[O])([F])([F])[F]. The van der Waals surface area contributed by atoms with Crippen LogP contribution < -0.4 is 0 Å². The average molecular weight is 144 g/mol. The molecule has 0 aromatic rings. The van der Waals surface area contributed by atoms with E-state index in [1.807, 2.05) is 0 Å². The second kappa shape index (κ2) is 0.764. The Labute approximate surface area is 32.3 Å². The Hall–Kier alpha value is -0.0905. The Morgan fingerprint density at radius 3 is 1.00 bits per heavy atom. The molecule has 0 N–H and O–H groups in total. The summed E-state index contributed by atoms with van der Waals surface area (Å²) in [5, 5.41) is 0. The number of hydrogen-bond donors (Lipinski definition) is 0. The molecule has 0 aliphatic carbocycles. The van der Waals surface area contributed by atoms with Crippen LogP contribution >= 0.6 is 0 Å². The van der Waals surface area contributed by atoms with Gasteiger partial charge in [-0.1, -0.05) is 0 Å². The van der Waals surface area contributed by atoms with Crippen LogP contribution in [0.4, 0.5) is 10.7 Å². The van der Waals surface area contributed by atoms with E-state index in [-0.39, 0.29) is 0 Å². The maximum absolute atomic E-state index is 10.1. The number of halogens is 3. The van der Waals surface area contributed by atoms with Gasteiger partial charge < -0.3 is 0 Å². The molecule has 0 unspecified atom stereocenters. The quantitative estimate of drug-likeness (QED) is 0.475. The van der Waals surface area contributed by atoms with Gasteiger partial charge in [-0.05, 0) is 0 Å². The van der Waals surface area contributed by atoms with Gasteiger partial charge in [0.25, 0.3) is 0 Å². The molecule has 0 aromatic carbocycles. The zero-order chi connectivity index (χ0) is 5.45. The van der Waals surface area contributed by atoms with Crippen LogP contribution in [0.15, 0.2) is 0 Å². The summed E-state index contributed by atoms with van der Waals surface area (Å²) in [4.78, 5) is 0. The van der Waals surface area contributed by atoms with Gasteiger partial charge in [-0.25, -0.2) is 0 Å². The van der Waals surface area contributed by atoms with Crippen molar-refractivity contribution in [2.45, 2.75) is 0 Å². The first-order chi connectivity index (χ1) is 2.24. The van der Waals surface area contributed by atoms with Crippen LogP contribution in [0.1, 0.15) is 0 Å². The van der Waals surface area contributed by atoms with Crippen molar-refractivity contribution in [2.24, 2.45) is 0 Å². The van der Waals surface area contributed by atoms with Gasteiger partial charge >= 0.3 is 31.3 Å². The molecule has 0 saturated heterocycles. The van der Waals surface area contributed by atoms with Crippen LogP contribution in [-0.4, -0.2) is 0 Å². The van der Waals surface area contributed by atoms with E-state index in [9.17, 15) is 10.7 Å². The summed E-state index contributed by atoms with van der Waals surface area (Å²) in [5.41, 5.74) is 0. The third-order valence-corrected chi connectivity index (χ3v) is 0.